The zero-order valence-corrected chi connectivity index (χ0v) is 11.0. The van der Waals surface area contributed by atoms with E-state index in [1.54, 1.807) is 0 Å². The van der Waals surface area contributed by atoms with Crippen LogP contribution >= 0.6 is 11.6 Å². The summed E-state index contributed by atoms with van der Waals surface area (Å²) in [5.74, 6) is 2.30. The summed E-state index contributed by atoms with van der Waals surface area (Å²) >= 11 is 5.22. The maximum Gasteiger partial charge on any atom is 0.222 e. The molecule has 1 N–H and O–H groups in total. The number of amides is 1. The summed E-state index contributed by atoms with van der Waals surface area (Å²) in [6.07, 6.45) is 5.67. The van der Waals surface area contributed by atoms with E-state index in [-0.39, 0.29) is 24.8 Å². The van der Waals surface area contributed by atoms with Gasteiger partial charge in [-0.2, -0.15) is 0 Å². The van der Waals surface area contributed by atoms with Crippen LogP contribution in [0.15, 0.2) is 0 Å². The molecule has 96 valence electrons. The van der Waals surface area contributed by atoms with Crippen LogP contribution in [0.1, 0.15) is 45.4 Å². The fourth-order valence-electron chi connectivity index (χ4n) is 3.55. The third kappa shape index (κ3) is 3.21. The Morgan fingerprint density at radius 2 is 2.06 bits per heavy atom. The zero-order chi connectivity index (χ0) is 12.4. The molecule has 0 aromatic rings. The highest BCUT2D eigenvalue weighted by Gasteiger charge is 2.41. The van der Waals surface area contributed by atoms with E-state index in [2.05, 4.69) is 12.2 Å². The highest BCUT2D eigenvalue weighted by Crippen LogP contribution is 2.49. The van der Waals surface area contributed by atoms with Crippen LogP contribution in [-0.2, 0) is 9.59 Å². The topological polar surface area (TPSA) is 46.2 Å². The van der Waals surface area contributed by atoms with E-state index in [9.17, 15) is 9.59 Å². The van der Waals surface area contributed by atoms with E-state index >= 15 is 0 Å². The predicted molar refractivity (Wildman–Crippen MR) is 66.6 cm³/mol. The fraction of sp³-hybridized carbons (Fsp3) is 0.846. The summed E-state index contributed by atoms with van der Waals surface area (Å²) in [4.78, 5) is 22.2. The van der Waals surface area contributed by atoms with Gasteiger partial charge in [0, 0.05) is 18.9 Å². The van der Waals surface area contributed by atoms with Crippen molar-refractivity contribution >= 4 is 22.8 Å². The lowest BCUT2D eigenvalue weighted by Crippen LogP contribution is -2.40. The molecule has 0 aromatic heterocycles. The number of hydrogen-bond donors (Lipinski definition) is 1. The van der Waals surface area contributed by atoms with Gasteiger partial charge in [0.15, 0.2) is 0 Å². The average molecular weight is 258 g/mol. The summed E-state index contributed by atoms with van der Waals surface area (Å²) in [7, 11) is 0. The van der Waals surface area contributed by atoms with Crippen molar-refractivity contribution in [2.75, 3.05) is 0 Å². The van der Waals surface area contributed by atoms with E-state index in [4.69, 9.17) is 11.6 Å². The summed E-state index contributed by atoms with van der Waals surface area (Å²) < 4.78 is 0. The Kier molecular flexibility index (Phi) is 4.08. The second-order valence-corrected chi connectivity index (χ2v) is 5.97. The molecule has 0 aromatic carbocycles. The van der Waals surface area contributed by atoms with Gasteiger partial charge in [-0.25, -0.2) is 0 Å². The van der Waals surface area contributed by atoms with Crippen LogP contribution in [0.25, 0.3) is 0 Å². The van der Waals surface area contributed by atoms with Gasteiger partial charge >= 0.3 is 0 Å². The van der Waals surface area contributed by atoms with Crippen molar-refractivity contribution < 1.29 is 9.59 Å². The first kappa shape index (κ1) is 12.9. The molecule has 0 radical (unpaired) electrons. The minimum absolute atomic E-state index is 0.0470. The normalized spacial score (nSPS) is 32.5. The molecular weight excluding hydrogens is 238 g/mol. The van der Waals surface area contributed by atoms with Gasteiger partial charge in [-0.3, -0.25) is 9.59 Å². The molecule has 0 saturated heterocycles. The number of carbonyl (C=O) groups is 2. The third-order valence-corrected chi connectivity index (χ3v) is 4.56. The Morgan fingerprint density at radius 1 is 1.29 bits per heavy atom. The molecule has 1 amide bonds. The average Bonchev–Trinajstić information content (AvgIpc) is 2.87. The second-order valence-electron chi connectivity index (χ2n) is 5.55. The van der Waals surface area contributed by atoms with Crippen molar-refractivity contribution in [2.45, 2.75) is 51.5 Å². The number of halogens is 1. The largest absolute Gasteiger partial charge is 0.353 e. The summed E-state index contributed by atoms with van der Waals surface area (Å²) in [6, 6.07) is 0.239. The van der Waals surface area contributed by atoms with Crippen molar-refractivity contribution in [1.82, 2.24) is 5.32 Å². The van der Waals surface area contributed by atoms with Crippen molar-refractivity contribution in [3.63, 3.8) is 0 Å². The first-order valence-corrected chi connectivity index (χ1v) is 6.91. The van der Waals surface area contributed by atoms with Gasteiger partial charge in [0.1, 0.15) is 0 Å². The van der Waals surface area contributed by atoms with Crippen LogP contribution in [0, 0.1) is 17.8 Å². The Balaban J connectivity index is 1.75. The SMILES string of the molecule is CC(NC(=O)CCC(=O)Cl)C1CC2CCC1C2. The lowest BCUT2D eigenvalue weighted by Gasteiger charge is -2.28. The molecule has 2 aliphatic carbocycles. The maximum absolute atomic E-state index is 11.6. The molecule has 2 rings (SSSR count). The van der Waals surface area contributed by atoms with Crippen molar-refractivity contribution in [1.29, 1.82) is 0 Å². The minimum atomic E-state index is -0.437. The quantitative estimate of drug-likeness (QED) is 0.769. The lowest BCUT2D eigenvalue weighted by atomic mass is 9.84. The molecule has 2 aliphatic rings. The van der Waals surface area contributed by atoms with Crippen LogP contribution in [0.5, 0.6) is 0 Å². The van der Waals surface area contributed by atoms with Crippen LogP contribution in [0.3, 0.4) is 0 Å². The molecule has 4 heteroatoms. The second kappa shape index (κ2) is 5.38. The number of carbonyl (C=O) groups excluding carboxylic acids is 2. The van der Waals surface area contributed by atoms with Crippen molar-refractivity contribution in [2.24, 2.45) is 17.8 Å². The Bertz CT molecular complexity index is 319. The molecule has 0 aliphatic heterocycles. The van der Waals surface area contributed by atoms with Gasteiger partial charge in [-0.05, 0) is 55.5 Å². The van der Waals surface area contributed by atoms with E-state index in [1.807, 2.05) is 0 Å². The van der Waals surface area contributed by atoms with E-state index < -0.39 is 5.24 Å². The number of rotatable bonds is 5. The van der Waals surface area contributed by atoms with Gasteiger partial charge in [0.25, 0.3) is 0 Å². The van der Waals surface area contributed by atoms with E-state index in [0.29, 0.717) is 5.92 Å². The zero-order valence-electron chi connectivity index (χ0n) is 10.2. The first-order chi connectivity index (χ1) is 8.06. The van der Waals surface area contributed by atoms with Gasteiger partial charge in [0.05, 0.1) is 0 Å². The molecule has 2 fully saturated rings. The van der Waals surface area contributed by atoms with Crippen molar-refractivity contribution in [3.8, 4) is 0 Å². The highest BCUT2D eigenvalue weighted by molar-refractivity contribution is 6.63. The smallest absolute Gasteiger partial charge is 0.222 e. The molecular formula is C13H20ClNO2. The minimum Gasteiger partial charge on any atom is -0.353 e. The van der Waals surface area contributed by atoms with Gasteiger partial charge in [0.2, 0.25) is 11.1 Å². The summed E-state index contributed by atoms with van der Waals surface area (Å²) in [6.45, 7) is 2.09. The van der Waals surface area contributed by atoms with Crippen molar-refractivity contribution in [3.05, 3.63) is 0 Å². The maximum atomic E-state index is 11.6. The highest BCUT2D eigenvalue weighted by atomic mass is 35.5. The first-order valence-electron chi connectivity index (χ1n) is 6.54. The fourth-order valence-corrected chi connectivity index (χ4v) is 3.65. The number of fused-ring (bicyclic) bond motifs is 2. The van der Waals surface area contributed by atoms with Gasteiger partial charge < -0.3 is 5.32 Å². The van der Waals surface area contributed by atoms with Crippen LogP contribution in [0.2, 0.25) is 0 Å². The summed E-state index contributed by atoms with van der Waals surface area (Å²) in [5.41, 5.74) is 0. The Morgan fingerprint density at radius 3 is 2.59 bits per heavy atom. The molecule has 4 atom stereocenters. The van der Waals surface area contributed by atoms with Gasteiger partial charge in [-0.15, -0.1) is 0 Å². The Hall–Kier alpha value is -0.570. The standard InChI is InChI=1S/C13H20ClNO2/c1-8(15-13(17)5-4-12(14)16)11-7-9-2-3-10(11)6-9/h8-11H,2-7H2,1H3,(H,15,17). The third-order valence-electron chi connectivity index (χ3n) is 4.37. The summed E-state index contributed by atoms with van der Waals surface area (Å²) in [5, 5.41) is 2.57. The molecule has 0 spiro atoms. The molecule has 3 nitrogen and oxygen atoms in total. The molecule has 2 saturated carbocycles. The monoisotopic (exact) mass is 257 g/mol. The van der Waals surface area contributed by atoms with Crippen LogP contribution in [-0.4, -0.2) is 17.2 Å². The van der Waals surface area contributed by atoms with Gasteiger partial charge in [-0.1, -0.05) is 6.42 Å². The molecule has 0 heterocycles. The number of nitrogens with one attached hydrogen (secondary N) is 1. The van der Waals surface area contributed by atoms with E-state index in [1.165, 1.54) is 25.7 Å². The lowest BCUT2D eigenvalue weighted by molar-refractivity contribution is -0.124. The molecule has 17 heavy (non-hydrogen) atoms. The number of hydrogen-bond acceptors (Lipinski definition) is 2. The Labute approximate surface area is 107 Å². The molecule has 2 bridgehead atoms. The van der Waals surface area contributed by atoms with Crippen LogP contribution < -0.4 is 5.32 Å². The van der Waals surface area contributed by atoms with Crippen LogP contribution in [0.4, 0.5) is 0 Å². The predicted octanol–water partition coefficient (Wildman–Crippen LogP) is 2.47. The molecule has 4 unspecified atom stereocenters. The van der Waals surface area contributed by atoms with E-state index in [0.717, 1.165) is 11.8 Å².